The van der Waals surface area contributed by atoms with Crippen molar-refractivity contribution < 1.29 is 4.79 Å². The highest BCUT2D eigenvalue weighted by Gasteiger charge is 2.30. The summed E-state index contributed by atoms with van der Waals surface area (Å²) in [7, 11) is 0. The van der Waals surface area contributed by atoms with Crippen molar-refractivity contribution in [2.45, 2.75) is 26.4 Å². The maximum Gasteiger partial charge on any atom is 0.241 e. The van der Waals surface area contributed by atoms with Crippen molar-refractivity contribution >= 4 is 11.6 Å². The molecule has 0 spiro atoms. The maximum atomic E-state index is 12.4. The number of aromatic amines is 1. The first-order valence-corrected chi connectivity index (χ1v) is 7.23. The van der Waals surface area contributed by atoms with Crippen LogP contribution in [0.15, 0.2) is 36.7 Å². The second-order valence-electron chi connectivity index (χ2n) is 5.63. The lowest BCUT2D eigenvalue weighted by atomic mass is 10.1. The third-order valence-corrected chi connectivity index (χ3v) is 3.96. The number of nitrogens with zero attached hydrogens (tertiary/aromatic N) is 3. The van der Waals surface area contributed by atoms with Gasteiger partial charge in [-0.2, -0.15) is 0 Å². The van der Waals surface area contributed by atoms with Crippen LogP contribution in [-0.4, -0.2) is 39.9 Å². The molecule has 1 N–H and O–H groups in total. The molecule has 0 saturated carbocycles. The fourth-order valence-corrected chi connectivity index (χ4v) is 2.66. The molecule has 5 nitrogen and oxygen atoms in total. The van der Waals surface area contributed by atoms with Crippen LogP contribution in [0.5, 0.6) is 0 Å². The molecule has 1 fully saturated rings. The predicted molar refractivity (Wildman–Crippen MR) is 82.0 cm³/mol. The number of benzene rings is 1. The van der Waals surface area contributed by atoms with Crippen molar-refractivity contribution in [1.82, 2.24) is 14.9 Å². The number of hydrogen-bond acceptors (Lipinski definition) is 3. The van der Waals surface area contributed by atoms with Gasteiger partial charge in [0.25, 0.3) is 0 Å². The largest absolute Gasteiger partial charge is 0.348 e. The molecule has 1 aliphatic heterocycles. The zero-order valence-corrected chi connectivity index (χ0v) is 12.4. The third-order valence-electron chi connectivity index (χ3n) is 3.96. The molecule has 1 amide bonds. The monoisotopic (exact) mass is 284 g/mol. The zero-order valence-electron chi connectivity index (χ0n) is 12.4. The standard InChI is InChI=1S/C16H20N4O/c1-12-3-5-14(6-4-12)20-9-13(2)19(11-16(20)21)10-15-17-7-8-18-15/h3-8,13H,9-11H2,1-2H3,(H,17,18)/t13-/m1/s1. The van der Waals surface area contributed by atoms with Crippen molar-refractivity contribution in [3.63, 3.8) is 0 Å². The minimum Gasteiger partial charge on any atom is -0.348 e. The van der Waals surface area contributed by atoms with E-state index >= 15 is 0 Å². The number of imidazole rings is 1. The molecule has 0 radical (unpaired) electrons. The Kier molecular flexibility index (Phi) is 3.75. The zero-order chi connectivity index (χ0) is 14.8. The summed E-state index contributed by atoms with van der Waals surface area (Å²) in [5.41, 5.74) is 2.19. The topological polar surface area (TPSA) is 52.2 Å². The van der Waals surface area contributed by atoms with Crippen LogP contribution >= 0.6 is 0 Å². The summed E-state index contributed by atoms with van der Waals surface area (Å²) >= 11 is 0. The molecule has 3 rings (SSSR count). The molecule has 2 aromatic rings. The Balaban J connectivity index is 1.71. The van der Waals surface area contributed by atoms with Crippen molar-refractivity contribution in [3.05, 3.63) is 48.0 Å². The first kappa shape index (κ1) is 13.8. The number of aryl methyl sites for hydroxylation is 1. The molecule has 1 aromatic heterocycles. The molecule has 21 heavy (non-hydrogen) atoms. The van der Waals surface area contributed by atoms with Crippen LogP contribution in [0.25, 0.3) is 0 Å². The number of carbonyl (C=O) groups excluding carboxylic acids is 1. The van der Waals surface area contributed by atoms with Gasteiger partial charge in [-0.15, -0.1) is 0 Å². The van der Waals surface area contributed by atoms with Gasteiger partial charge in [0.05, 0.1) is 13.1 Å². The Labute approximate surface area is 124 Å². The third kappa shape index (κ3) is 2.97. The number of aromatic nitrogens is 2. The Hall–Kier alpha value is -2.14. The summed E-state index contributed by atoms with van der Waals surface area (Å²) in [6.45, 7) is 6.02. The number of amides is 1. The van der Waals surface area contributed by atoms with Crippen molar-refractivity contribution in [1.29, 1.82) is 0 Å². The van der Waals surface area contributed by atoms with E-state index in [4.69, 9.17) is 0 Å². The second-order valence-corrected chi connectivity index (χ2v) is 5.63. The van der Waals surface area contributed by atoms with E-state index < -0.39 is 0 Å². The first-order valence-electron chi connectivity index (χ1n) is 7.23. The molecule has 0 unspecified atom stereocenters. The molecular formula is C16H20N4O. The van der Waals surface area contributed by atoms with Crippen molar-refractivity contribution in [2.24, 2.45) is 0 Å². The number of anilines is 1. The van der Waals surface area contributed by atoms with E-state index in [-0.39, 0.29) is 5.91 Å². The molecular weight excluding hydrogens is 264 g/mol. The minimum atomic E-state index is 0.142. The number of nitrogens with one attached hydrogen (secondary N) is 1. The molecule has 1 atom stereocenters. The summed E-state index contributed by atoms with van der Waals surface area (Å²) in [5.74, 6) is 1.04. The Bertz CT molecular complexity index is 606. The van der Waals surface area contributed by atoms with E-state index in [1.54, 1.807) is 6.20 Å². The highest BCUT2D eigenvalue weighted by Crippen LogP contribution is 2.21. The van der Waals surface area contributed by atoms with Crippen LogP contribution in [-0.2, 0) is 11.3 Å². The number of hydrogen-bond donors (Lipinski definition) is 1. The van der Waals surface area contributed by atoms with E-state index in [0.29, 0.717) is 25.7 Å². The number of H-pyrrole nitrogens is 1. The van der Waals surface area contributed by atoms with E-state index in [2.05, 4.69) is 28.7 Å². The fraction of sp³-hybridized carbons (Fsp3) is 0.375. The predicted octanol–water partition coefficient (Wildman–Crippen LogP) is 1.96. The van der Waals surface area contributed by atoms with Gasteiger partial charge in [0.15, 0.2) is 0 Å². The van der Waals surface area contributed by atoms with E-state index in [0.717, 1.165) is 11.5 Å². The van der Waals surface area contributed by atoms with Crippen LogP contribution in [0, 0.1) is 6.92 Å². The summed E-state index contributed by atoms with van der Waals surface area (Å²) in [6, 6.07) is 8.42. The number of rotatable bonds is 3. The average molecular weight is 284 g/mol. The molecule has 1 saturated heterocycles. The average Bonchev–Trinajstić information content (AvgIpc) is 2.97. The summed E-state index contributed by atoms with van der Waals surface area (Å²) in [4.78, 5) is 23.8. The normalized spacial score (nSPS) is 20.0. The van der Waals surface area contributed by atoms with Gasteiger partial charge >= 0.3 is 0 Å². The van der Waals surface area contributed by atoms with E-state index in [1.165, 1.54) is 5.56 Å². The Morgan fingerprint density at radius 2 is 2.10 bits per heavy atom. The summed E-state index contributed by atoms with van der Waals surface area (Å²) < 4.78 is 0. The molecule has 1 aromatic carbocycles. The lowest BCUT2D eigenvalue weighted by Gasteiger charge is -2.39. The molecule has 1 aliphatic rings. The van der Waals surface area contributed by atoms with Gasteiger partial charge in [-0.05, 0) is 26.0 Å². The van der Waals surface area contributed by atoms with Crippen LogP contribution in [0.3, 0.4) is 0 Å². The lowest BCUT2D eigenvalue weighted by Crippen LogP contribution is -2.55. The van der Waals surface area contributed by atoms with E-state index in [1.807, 2.05) is 35.4 Å². The SMILES string of the molecule is Cc1ccc(N2C[C@@H](C)N(Cc3ncc[nH]3)CC2=O)cc1. The second kappa shape index (κ2) is 5.69. The van der Waals surface area contributed by atoms with Crippen LogP contribution in [0.1, 0.15) is 18.3 Å². The smallest absolute Gasteiger partial charge is 0.241 e. The summed E-state index contributed by atoms with van der Waals surface area (Å²) in [5, 5.41) is 0. The quantitative estimate of drug-likeness (QED) is 0.937. The molecule has 5 heteroatoms. The molecule has 2 heterocycles. The summed E-state index contributed by atoms with van der Waals surface area (Å²) in [6.07, 6.45) is 3.55. The van der Waals surface area contributed by atoms with Gasteiger partial charge in [0.2, 0.25) is 5.91 Å². The highest BCUT2D eigenvalue weighted by molar-refractivity contribution is 5.95. The minimum absolute atomic E-state index is 0.142. The number of carbonyl (C=O) groups is 1. The van der Waals surface area contributed by atoms with E-state index in [9.17, 15) is 4.79 Å². The Morgan fingerprint density at radius 3 is 2.76 bits per heavy atom. The van der Waals surface area contributed by atoms with Gasteiger partial charge in [-0.25, -0.2) is 4.98 Å². The van der Waals surface area contributed by atoms with Crippen LogP contribution in [0.4, 0.5) is 5.69 Å². The molecule has 0 bridgehead atoms. The highest BCUT2D eigenvalue weighted by atomic mass is 16.2. The Morgan fingerprint density at radius 1 is 1.33 bits per heavy atom. The van der Waals surface area contributed by atoms with Gasteiger partial charge in [0.1, 0.15) is 5.82 Å². The van der Waals surface area contributed by atoms with Crippen LogP contribution < -0.4 is 4.90 Å². The fourth-order valence-electron chi connectivity index (χ4n) is 2.66. The van der Waals surface area contributed by atoms with Gasteiger partial charge in [-0.3, -0.25) is 9.69 Å². The lowest BCUT2D eigenvalue weighted by molar-refractivity contribution is -0.122. The molecule has 110 valence electrons. The number of piperazine rings is 1. The van der Waals surface area contributed by atoms with Crippen molar-refractivity contribution in [2.75, 3.05) is 18.0 Å². The van der Waals surface area contributed by atoms with Gasteiger partial charge in [-0.1, -0.05) is 17.7 Å². The molecule has 0 aliphatic carbocycles. The van der Waals surface area contributed by atoms with Crippen molar-refractivity contribution in [3.8, 4) is 0 Å². The van der Waals surface area contributed by atoms with Crippen LogP contribution in [0.2, 0.25) is 0 Å². The maximum absolute atomic E-state index is 12.4. The first-order chi connectivity index (χ1) is 10.1. The van der Waals surface area contributed by atoms with Gasteiger partial charge < -0.3 is 9.88 Å². The van der Waals surface area contributed by atoms with Gasteiger partial charge in [0, 0.05) is 30.7 Å².